The Morgan fingerprint density at radius 1 is 1.39 bits per heavy atom. The predicted octanol–water partition coefficient (Wildman–Crippen LogP) is 2.35. The van der Waals surface area contributed by atoms with Gasteiger partial charge in [0.1, 0.15) is 5.75 Å². The molecule has 1 aliphatic rings. The van der Waals surface area contributed by atoms with Crippen LogP contribution in [0.2, 0.25) is 5.02 Å². The molecule has 0 spiro atoms. The summed E-state index contributed by atoms with van der Waals surface area (Å²) in [6.07, 6.45) is 2.25. The third kappa shape index (κ3) is 4.61. The second-order valence-electron chi connectivity index (χ2n) is 6.12. The third-order valence-corrected chi connectivity index (χ3v) is 4.51. The number of rotatable bonds is 5. The topological polar surface area (TPSA) is 69.6 Å². The fourth-order valence-electron chi connectivity index (χ4n) is 3.11. The zero-order valence-electron chi connectivity index (χ0n) is 13.5. The molecular formula is C17H23ClN2O3. The van der Waals surface area contributed by atoms with Gasteiger partial charge in [0.05, 0.1) is 17.5 Å². The van der Waals surface area contributed by atoms with Crippen LogP contribution in [0.3, 0.4) is 0 Å². The van der Waals surface area contributed by atoms with Crippen molar-refractivity contribution in [1.29, 1.82) is 0 Å². The highest BCUT2D eigenvalue weighted by atomic mass is 35.5. The maximum atomic E-state index is 12.5. The minimum absolute atomic E-state index is 0.0118. The molecule has 0 bridgehead atoms. The molecular weight excluding hydrogens is 316 g/mol. The SMILES string of the molecule is CCC[C@@H]1CN(C(=O)Cc2ccc(O)c(Cl)c2)C[C@H]1NC(C)=O. The number of nitrogens with one attached hydrogen (secondary N) is 1. The molecule has 6 heteroatoms. The highest BCUT2D eigenvalue weighted by Crippen LogP contribution is 2.26. The Labute approximate surface area is 141 Å². The molecule has 1 aromatic rings. The lowest BCUT2D eigenvalue weighted by Crippen LogP contribution is -2.40. The Bertz CT molecular complexity index is 591. The summed E-state index contributed by atoms with van der Waals surface area (Å²) in [7, 11) is 0. The summed E-state index contributed by atoms with van der Waals surface area (Å²) < 4.78 is 0. The number of likely N-dealkylation sites (tertiary alicyclic amines) is 1. The first-order chi connectivity index (χ1) is 10.9. The highest BCUT2D eigenvalue weighted by Gasteiger charge is 2.34. The number of amides is 2. The van der Waals surface area contributed by atoms with Crippen LogP contribution in [0.1, 0.15) is 32.3 Å². The minimum atomic E-state index is -0.0595. The zero-order valence-corrected chi connectivity index (χ0v) is 14.3. The van der Waals surface area contributed by atoms with Crippen molar-refractivity contribution in [3.05, 3.63) is 28.8 Å². The molecule has 0 aromatic heterocycles. The molecule has 0 aliphatic carbocycles. The van der Waals surface area contributed by atoms with E-state index in [2.05, 4.69) is 12.2 Å². The van der Waals surface area contributed by atoms with Crippen LogP contribution in [0.4, 0.5) is 0 Å². The number of carbonyl (C=O) groups excluding carboxylic acids is 2. The maximum absolute atomic E-state index is 12.5. The van der Waals surface area contributed by atoms with E-state index in [1.165, 1.54) is 13.0 Å². The monoisotopic (exact) mass is 338 g/mol. The third-order valence-electron chi connectivity index (χ3n) is 4.21. The molecule has 1 aromatic carbocycles. The summed E-state index contributed by atoms with van der Waals surface area (Å²) in [5, 5.41) is 12.6. The van der Waals surface area contributed by atoms with Crippen LogP contribution in [-0.4, -0.2) is 41.0 Å². The minimum Gasteiger partial charge on any atom is -0.506 e. The molecule has 2 amide bonds. The molecule has 0 unspecified atom stereocenters. The molecule has 0 saturated carbocycles. The van der Waals surface area contributed by atoms with Gasteiger partial charge in [0.25, 0.3) is 0 Å². The van der Waals surface area contributed by atoms with E-state index in [9.17, 15) is 14.7 Å². The van der Waals surface area contributed by atoms with Gasteiger partial charge in [-0.2, -0.15) is 0 Å². The Hall–Kier alpha value is -1.75. The lowest BCUT2D eigenvalue weighted by atomic mass is 9.98. The first-order valence-electron chi connectivity index (χ1n) is 7.93. The second-order valence-corrected chi connectivity index (χ2v) is 6.52. The van der Waals surface area contributed by atoms with Gasteiger partial charge in [-0.05, 0) is 30.0 Å². The summed E-state index contributed by atoms with van der Waals surface area (Å²) in [4.78, 5) is 25.6. The van der Waals surface area contributed by atoms with Crippen molar-refractivity contribution in [3.63, 3.8) is 0 Å². The molecule has 2 rings (SSSR count). The van der Waals surface area contributed by atoms with Crippen molar-refractivity contribution in [2.45, 2.75) is 39.2 Å². The Balaban J connectivity index is 2.01. The van der Waals surface area contributed by atoms with Gasteiger partial charge in [0.15, 0.2) is 0 Å². The van der Waals surface area contributed by atoms with E-state index in [0.717, 1.165) is 18.4 Å². The van der Waals surface area contributed by atoms with Crippen LogP contribution in [0, 0.1) is 5.92 Å². The fraction of sp³-hybridized carbons (Fsp3) is 0.529. The van der Waals surface area contributed by atoms with Crippen molar-refractivity contribution < 1.29 is 14.7 Å². The Morgan fingerprint density at radius 2 is 2.13 bits per heavy atom. The summed E-state index contributed by atoms with van der Waals surface area (Å²) in [5.41, 5.74) is 0.771. The standard InChI is InChI=1S/C17H23ClN2O3/c1-3-4-13-9-20(10-15(13)19-11(2)21)17(23)8-12-5-6-16(22)14(18)7-12/h5-7,13,15,22H,3-4,8-10H2,1-2H3,(H,19,21)/t13-,15-/m1/s1. The summed E-state index contributed by atoms with van der Waals surface area (Å²) in [6, 6.07) is 4.83. The lowest BCUT2D eigenvalue weighted by Gasteiger charge is -2.17. The van der Waals surface area contributed by atoms with E-state index in [1.807, 2.05) is 4.90 Å². The quantitative estimate of drug-likeness (QED) is 0.865. The van der Waals surface area contributed by atoms with Crippen molar-refractivity contribution >= 4 is 23.4 Å². The van der Waals surface area contributed by atoms with Gasteiger partial charge in [0.2, 0.25) is 11.8 Å². The number of benzene rings is 1. The molecule has 1 fully saturated rings. The molecule has 1 heterocycles. The second kappa shape index (κ2) is 7.68. The van der Waals surface area contributed by atoms with Crippen LogP contribution in [0.5, 0.6) is 5.75 Å². The number of carbonyl (C=O) groups is 2. The molecule has 23 heavy (non-hydrogen) atoms. The normalized spacial score (nSPS) is 20.6. The molecule has 2 atom stereocenters. The van der Waals surface area contributed by atoms with Crippen molar-refractivity contribution in [1.82, 2.24) is 10.2 Å². The van der Waals surface area contributed by atoms with Crippen LogP contribution < -0.4 is 5.32 Å². The summed E-state index contributed by atoms with van der Waals surface area (Å²) in [6.45, 7) is 4.83. The van der Waals surface area contributed by atoms with E-state index in [4.69, 9.17) is 11.6 Å². The molecule has 1 saturated heterocycles. The molecule has 2 N–H and O–H groups in total. The molecule has 1 aliphatic heterocycles. The van der Waals surface area contributed by atoms with Gasteiger partial charge in [-0.25, -0.2) is 0 Å². The number of halogens is 1. The molecule has 5 nitrogen and oxygen atoms in total. The zero-order chi connectivity index (χ0) is 17.0. The van der Waals surface area contributed by atoms with Crippen LogP contribution in [0.25, 0.3) is 0 Å². The van der Waals surface area contributed by atoms with Crippen LogP contribution in [0.15, 0.2) is 18.2 Å². The number of nitrogens with zero attached hydrogens (tertiary/aromatic N) is 1. The number of hydrogen-bond donors (Lipinski definition) is 2. The number of phenols is 1. The van der Waals surface area contributed by atoms with E-state index in [-0.39, 0.29) is 35.0 Å². The fourth-order valence-corrected chi connectivity index (χ4v) is 3.31. The van der Waals surface area contributed by atoms with E-state index in [0.29, 0.717) is 19.0 Å². The van der Waals surface area contributed by atoms with Crippen LogP contribution >= 0.6 is 11.6 Å². The number of aromatic hydroxyl groups is 1. The van der Waals surface area contributed by atoms with Gasteiger partial charge in [-0.1, -0.05) is 31.0 Å². The Morgan fingerprint density at radius 3 is 2.74 bits per heavy atom. The average Bonchev–Trinajstić information content (AvgIpc) is 2.86. The van der Waals surface area contributed by atoms with Crippen LogP contribution in [-0.2, 0) is 16.0 Å². The Kier molecular flexibility index (Phi) is 5.88. The van der Waals surface area contributed by atoms with Gasteiger partial charge in [-0.3, -0.25) is 9.59 Å². The van der Waals surface area contributed by atoms with E-state index in [1.54, 1.807) is 12.1 Å². The van der Waals surface area contributed by atoms with Gasteiger partial charge in [0, 0.05) is 20.0 Å². The average molecular weight is 339 g/mol. The lowest BCUT2D eigenvalue weighted by molar-refractivity contribution is -0.129. The smallest absolute Gasteiger partial charge is 0.227 e. The first-order valence-corrected chi connectivity index (χ1v) is 8.30. The first kappa shape index (κ1) is 17.6. The van der Waals surface area contributed by atoms with E-state index < -0.39 is 0 Å². The number of hydrogen-bond acceptors (Lipinski definition) is 3. The molecule has 126 valence electrons. The van der Waals surface area contributed by atoms with E-state index >= 15 is 0 Å². The van der Waals surface area contributed by atoms with Gasteiger partial charge < -0.3 is 15.3 Å². The summed E-state index contributed by atoms with van der Waals surface area (Å²) >= 11 is 5.88. The van der Waals surface area contributed by atoms with Gasteiger partial charge >= 0.3 is 0 Å². The largest absolute Gasteiger partial charge is 0.506 e. The van der Waals surface area contributed by atoms with Crippen molar-refractivity contribution in [3.8, 4) is 5.75 Å². The van der Waals surface area contributed by atoms with Gasteiger partial charge in [-0.15, -0.1) is 0 Å². The molecule has 0 radical (unpaired) electrons. The van der Waals surface area contributed by atoms with Crippen molar-refractivity contribution in [2.75, 3.05) is 13.1 Å². The number of phenolic OH excluding ortho intramolecular Hbond substituents is 1. The predicted molar refractivity (Wildman–Crippen MR) is 89.4 cm³/mol. The maximum Gasteiger partial charge on any atom is 0.227 e. The summed E-state index contributed by atoms with van der Waals surface area (Å²) in [5.74, 6) is 0.269. The van der Waals surface area contributed by atoms with Crippen molar-refractivity contribution in [2.24, 2.45) is 5.92 Å². The highest BCUT2D eigenvalue weighted by molar-refractivity contribution is 6.32.